The number of carbonyl (C=O) groups is 2. The second-order valence-corrected chi connectivity index (χ2v) is 9.94. The van der Waals surface area contributed by atoms with E-state index in [0.29, 0.717) is 30.2 Å². The summed E-state index contributed by atoms with van der Waals surface area (Å²) in [5.74, 6) is 0.768. The molecule has 8 nitrogen and oxygen atoms in total. The first-order chi connectivity index (χ1) is 18.8. The van der Waals surface area contributed by atoms with Crippen LogP contribution in [0.25, 0.3) is 11.1 Å². The zero-order valence-corrected chi connectivity index (χ0v) is 22.9. The Balaban J connectivity index is 1.62. The topological polar surface area (TPSA) is 88.5 Å². The molecule has 1 heterocycles. The number of fused-ring (bicyclic) bond motifs is 3. The Morgan fingerprint density at radius 2 is 1.64 bits per heavy atom. The SMILES string of the molecule is COc1ccc(OC(=O)N(C)C[C@H]2OCc3ccccc3-c3ccccc3C(=O)N([C@H](C)CO)C[C@H]2C)cc1. The normalized spacial score (nSPS) is 18.3. The Hall–Kier alpha value is -3.88. The molecular formula is C31H36N2O6. The molecule has 1 N–H and O–H groups in total. The van der Waals surface area contributed by atoms with Crippen molar-refractivity contribution in [2.75, 3.05) is 33.9 Å². The van der Waals surface area contributed by atoms with Crippen LogP contribution in [0.15, 0.2) is 72.8 Å². The summed E-state index contributed by atoms with van der Waals surface area (Å²) in [5.41, 5.74) is 3.26. The summed E-state index contributed by atoms with van der Waals surface area (Å²) < 4.78 is 17.2. The van der Waals surface area contributed by atoms with Crippen molar-refractivity contribution < 1.29 is 28.9 Å². The van der Waals surface area contributed by atoms with Crippen LogP contribution in [-0.2, 0) is 11.3 Å². The number of methoxy groups -OCH3 is 1. The van der Waals surface area contributed by atoms with Gasteiger partial charge in [-0.3, -0.25) is 4.79 Å². The Kier molecular flexibility index (Phi) is 9.22. The fourth-order valence-corrected chi connectivity index (χ4v) is 4.72. The fourth-order valence-electron chi connectivity index (χ4n) is 4.72. The van der Waals surface area contributed by atoms with E-state index in [1.165, 1.54) is 4.90 Å². The van der Waals surface area contributed by atoms with Gasteiger partial charge in [0.15, 0.2) is 0 Å². The third kappa shape index (κ3) is 6.58. The Labute approximate surface area is 229 Å². The van der Waals surface area contributed by atoms with Crippen LogP contribution >= 0.6 is 0 Å². The summed E-state index contributed by atoms with van der Waals surface area (Å²) in [7, 11) is 3.24. The van der Waals surface area contributed by atoms with Crippen molar-refractivity contribution in [2.24, 2.45) is 5.92 Å². The first-order valence-corrected chi connectivity index (χ1v) is 13.1. The molecule has 3 aromatic rings. The number of hydrogen-bond donors (Lipinski definition) is 1. The van der Waals surface area contributed by atoms with Gasteiger partial charge in [0.25, 0.3) is 5.91 Å². The molecule has 2 amide bonds. The number of nitrogens with zero attached hydrogens (tertiary/aromatic N) is 2. The molecule has 1 aliphatic heterocycles. The van der Waals surface area contributed by atoms with Crippen molar-refractivity contribution in [1.29, 1.82) is 0 Å². The minimum Gasteiger partial charge on any atom is -0.497 e. The van der Waals surface area contributed by atoms with Gasteiger partial charge >= 0.3 is 6.09 Å². The van der Waals surface area contributed by atoms with Crippen molar-refractivity contribution in [2.45, 2.75) is 32.6 Å². The first-order valence-electron chi connectivity index (χ1n) is 13.1. The van der Waals surface area contributed by atoms with Gasteiger partial charge in [-0.2, -0.15) is 0 Å². The lowest BCUT2D eigenvalue weighted by molar-refractivity contribution is -0.0205. The maximum Gasteiger partial charge on any atom is 0.415 e. The maximum atomic E-state index is 13.9. The molecule has 0 unspecified atom stereocenters. The number of rotatable bonds is 6. The number of benzene rings is 3. The Bertz CT molecular complexity index is 1280. The highest BCUT2D eigenvalue weighted by Crippen LogP contribution is 2.31. The zero-order chi connectivity index (χ0) is 27.9. The molecule has 0 radical (unpaired) electrons. The molecule has 8 heteroatoms. The molecule has 0 saturated heterocycles. The third-order valence-electron chi connectivity index (χ3n) is 7.12. The van der Waals surface area contributed by atoms with E-state index >= 15 is 0 Å². The van der Waals surface area contributed by atoms with Gasteiger partial charge in [-0.25, -0.2) is 4.79 Å². The van der Waals surface area contributed by atoms with Crippen LogP contribution in [0.1, 0.15) is 29.8 Å². The van der Waals surface area contributed by atoms with Gasteiger partial charge in [-0.15, -0.1) is 0 Å². The largest absolute Gasteiger partial charge is 0.497 e. The van der Waals surface area contributed by atoms with E-state index < -0.39 is 18.2 Å². The van der Waals surface area contributed by atoms with Crippen molar-refractivity contribution in [3.63, 3.8) is 0 Å². The molecule has 0 aliphatic carbocycles. The molecule has 0 spiro atoms. The number of ether oxygens (including phenoxy) is 3. The Morgan fingerprint density at radius 1 is 1.03 bits per heavy atom. The number of aliphatic hydroxyl groups excluding tert-OH is 1. The summed E-state index contributed by atoms with van der Waals surface area (Å²) in [4.78, 5) is 30.0. The van der Waals surface area contributed by atoms with Crippen molar-refractivity contribution in [3.8, 4) is 22.6 Å². The lowest BCUT2D eigenvalue weighted by atomic mass is 9.94. The van der Waals surface area contributed by atoms with Crippen molar-refractivity contribution >= 4 is 12.0 Å². The fraction of sp³-hybridized carbons (Fsp3) is 0.355. The number of carbonyl (C=O) groups excluding carboxylic acids is 2. The standard InChI is InChI=1S/C31H36N2O6/c1-21-17-33(22(2)19-34)30(35)28-12-8-7-11-27(28)26-10-6-5-9-23(26)20-38-29(21)18-32(3)31(36)39-25-15-13-24(37-4)14-16-25/h5-16,21-22,29,34H,17-20H2,1-4H3/t21-,22-,29-/m1/s1. The smallest absolute Gasteiger partial charge is 0.415 e. The van der Waals surface area contributed by atoms with Gasteiger partial charge in [-0.1, -0.05) is 49.4 Å². The van der Waals surface area contributed by atoms with Crippen LogP contribution in [0.4, 0.5) is 4.79 Å². The molecule has 1 aliphatic rings. The van der Waals surface area contributed by atoms with Crippen LogP contribution < -0.4 is 9.47 Å². The lowest BCUT2D eigenvalue weighted by Crippen LogP contribution is -2.47. The summed E-state index contributed by atoms with van der Waals surface area (Å²) in [6.07, 6.45) is -0.927. The van der Waals surface area contributed by atoms with Gasteiger partial charge in [-0.05, 0) is 53.9 Å². The van der Waals surface area contributed by atoms with Crippen molar-refractivity contribution in [1.82, 2.24) is 9.80 Å². The molecule has 4 rings (SSSR count). The molecule has 3 aromatic carbocycles. The summed E-state index contributed by atoms with van der Waals surface area (Å²) in [6, 6.07) is 21.8. The monoisotopic (exact) mass is 532 g/mol. The third-order valence-corrected chi connectivity index (χ3v) is 7.12. The number of amides is 2. The van der Waals surface area contributed by atoms with Gasteiger partial charge in [0, 0.05) is 25.1 Å². The van der Waals surface area contributed by atoms with Crippen molar-refractivity contribution in [3.05, 3.63) is 83.9 Å². The van der Waals surface area contributed by atoms with Crippen LogP contribution in [0.5, 0.6) is 11.5 Å². The van der Waals surface area contributed by atoms with E-state index in [0.717, 1.165) is 16.7 Å². The van der Waals surface area contributed by atoms with E-state index in [4.69, 9.17) is 14.2 Å². The average Bonchev–Trinajstić information content (AvgIpc) is 2.98. The highest BCUT2D eigenvalue weighted by Gasteiger charge is 2.31. The van der Waals surface area contributed by atoms with Crippen LogP contribution in [-0.4, -0.2) is 72.9 Å². The van der Waals surface area contributed by atoms with E-state index in [1.54, 1.807) is 43.3 Å². The second kappa shape index (κ2) is 12.8. The molecule has 0 fully saturated rings. The minimum atomic E-state index is -0.519. The van der Waals surface area contributed by atoms with E-state index in [-0.39, 0.29) is 25.0 Å². The van der Waals surface area contributed by atoms with Gasteiger partial charge in [0.2, 0.25) is 0 Å². The van der Waals surface area contributed by atoms with Crippen LogP contribution in [0.3, 0.4) is 0 Å². The second-order valence-electron chi connectivity index (χ2n) is 9.94. The number of aliphatic hydroxyl groups is 1. The first kappa shape index (κ1) is 28.1. The van der Waals surface area contributed by atoms with Gasteiger partial charge < -0.3 is 29.1 Å². The van der Waals surface area contributed by atoms with E-state index in [1.807, 2.05) is 62.4 Å². The highest BCUT2D eigenvalue weighted by molar-refractivity contribution is 6.01. The van der Waals surface area contributed by atoms with Gasteiger partial charge in [0.05, 0.1) is 39.0 Å². The molecule has 39 heavy (non-hydrogen) atoms. The summed E-state index contributed by atoms with van der Waals surface area (Å²) in [6.45, 7) is 4.56. The highest BCUT2D eigenvalue weighted by atomic mass is 16.6. The van der Waals surface area contributed by atoms with E-state index in [9.17, 15) is 14.7 Å². The molecule has 3 atom stereocenters. The lowest BCUT2D eigenvalue weighted by Gasteiger charge is -2.35. The quantitative estimate of drug-likeness (QED) is 0.488. The van der Waals surface area contributed by atoms with Crippen LogP contribution in [0.2, 0.25) is 0 Å². The van der Waals surface area contributed by atoms with Gasteiger partial charge in [0.1, 0.15) is 11.5 Å². The summed E-state index contributed by atoms with van der Waals surface area (Å²) in [5, 5.41) is 10.00. The molecule has 206 valence electrons. The number of hydrogen-bond acceptors (Lipinski definition) is 6. The Morgan fingerprint density at radius 3 is 2.31 bits per heavy atom. The maximum absolute atomic E-state index is 13.9. The number of likely N-dealkylation sites (N-methyl/N-ethyl adjacent to an activating group) is 1. The molecule has 0 bridgehead atoms. The van der Waals surface area contributed by atoms with E-state index in [2.05, 4.69) is 0 Å². The molecule has 0 saturated carbocycles. The predicted octanol–water partition coefficient (Wildman–Crippen LogP) is 4.85. The molecular weight excluding hydrogens is 496 g/mol. The summed E-state index contributed by atoms with van der Waals surface area (Å²) >= 11 is 0. The predicted molar refractivity (Wildman–Crippen MR) is 149 cm³/mol. The van der Waals surface area contributed by atoms with Crippen LogP contribution in [0, 0.1) is 5.92 Å². The average molecular weight is 533 g/mol. The minimum absolute atomic E-state index is 0.151. The zero-order valence-electron chi connectivity index (χ0n) is 22.9. The molecule has 0 aromatic heterocycles.